The Kier molecular flexibility index (Phi) is 12.2. The molecular formula is C13H23NO3. The minimum absolute atomic E-state index is 0.0854. The topological polar surface area (TPSA) is 47.6 Å². The van der Waals surface area contributed by atoms with Gasteiger partial charge >= 0.3 is 0 Å². The molecular weight excluding hydrogens is 218 g/mol. The molecule has 4 heteroatoms. The number of amides is 1. The van der Waals surface area contributed by atoms with Gasteiger partial charge < -0.3 is 14.8 Å². The molecule has 17 heavy (non-hydrogen) atoms. The van der Waals surface area contributed by atoms with Crippen molar-refractivity contribution >= 4 is 5.91 Å². The molecule has 98 valence electrons. The van der Waals surface area contributed by atoms with Crippen molar-refractivity contribution in [3.63, 3.8) is 0 Å². The fraction of sp³-hybridized carbons (Fsp3) is 0.769. The predicted octanol–water partition coefficient (Wildman–Crippen LogP) is 1.35. The van der Waals surface area contributed by atoms with Crippen molar-refractivity contribution in [1.82, 2.24) is 5.32 Å². The minimum atomic E-state index is 0.0854. The summed E-state index contributed by atoms with van der Waals surface area (Å²) in [6.07, 6.45) is 2.32. The summed E-state index contributed by atoms with van der Waals surface area (Å²) in [5.41, 5.74) is 0. The molecule has 0 aliphatic heterocycles. The maximum Gasteiger partial charge on any atom is 0.220 e. The monoisotopic (exact) mass is 241 g/mol. The van der Waals surface area contributed by atoms with Crippen LogP contribution in [0.5, 0.6) is 0 Å². The highest BCUT2D eigenvalue weighted by Gasteiger charge is 1.97. The van der Waals surface area contributed by atoms with Crippen LogP contribution in [0.3, 0.4) is 0 Å². The Bertz CT molecular complexity index is 243. The van der Waals surface area contributed by atoms with Gasteiger partial charge in [-0.15, -0.1) is 5.92 Å². The second-order valence-electron chi connectivity index (χ2n) is 3.47. The summed E-state index contributed by atoms with van der Waals surface area (Å²) in [7, 11) is 0. The van der Waals surface area contributed by atoms with Crippen molar-refractivity contribution in [2.24, 2.45) is 0 Å². The van der Waals surface area contributed by atoms with Crippen molar-refractivity contribution in [3.05, 3.63) is 0 Å². The molecule has 0 fully saturated rings. The van der Waals surface area contributed by atoms with Crippen LogP contribution in [0.2, 0.25) is 0 Å². The smallest absolute Gasteiger partial charge is 0.220 e. The van der Waals surface area contributed by atoms with Gasteiger partial charge in [-0.2, -0.15) is 0 Å². The molecule has 0 atom stereocenters. The number of carbonyl (C=O) groups excluding carboxylic acids is 1. The highest BCUT2D eigenvalue weighted by molar-refractivity contribution is 5.75. The predicted molar refractivity (Wildman–Crippen MR) is 67.6 cm³/mol. The van der Waals surface area contributed by atoms with Gasteiger partial charge in [0.2, 0.25) is 5.91 Å². The van der Waals surface area contributed by atoms with Gasteiger partial charge in [0.1, 0.15) is 6.61 Å². The summed E-state index contributed by atoms with van der Waals surface area (Å²) in [6, 6.07) is 0. The Hall–Kier alpha value is -1.05. The first-order chi connectivity index (χ1) is 8.31. The lowest BCUT2D eigenvalue weighted by molar-refractivity contribution is -0.121. The zero-order valence-corrected chi connectivity index (χ0v) is 10.9. The summed E-state index contributed by atoms with van der Waals surface area (Å²) in [5.74, 6) is 5.89. The summed E-state index contributed by atoms with van der Waals surface area (Å²) >= 11 is 0. The van der Waals surface area contributed by atoms with Crippen LogP contribution in [0.25, 0.3) is 0 Å². The average Bonchev–Trinajstić information content (AvgIpc) is 2.32. The second kappa shape index (κ2) is 13.0. The third-order valence-electron chi connectivity index (χ3n) is 1.89. The second-order valence-corrected chi connectivity index (χ2v) is 3.47. The van der Waals surface area contributed by atoms with Gasteiger partial charge in [0.25, 0.3) is 0 Å². The number of rotatable bonds is 9. The van der Waals surface area contributed by atoms with E-state index in [0.29, 0.717) is 39.4 Å². The van der Waals surface area contributed by atoms with Crippen molar-refractivity contribution in [2.45, 2.75) is 33.1 Å². The van der Waals surface area contributed by atoms with Gasteiger partial charge in [0, 0.05) is 19.4 Å². The summed E-state index contributed by atoms with van der Waals surface area (Å²) in [4.78, 5) is 11.1. The number of nitrogens with one attached hydrogen (secondary N) is 1. The summed E-state index contributed by atoms with van der Waals surface area (Å²) < 4.78 is 10.5. The molecule has 0 bridgehead atoms. The normalized spacial score (nSPS) is 9.53. The number of hydrogen-bond acceptors (Lipinski definition) is 3. The van der Waals surface area contributed by atoms with Crippen LogP contribution in [0, 0.1) is 11.8 Å². The van der Waals surface area contributed by atoms with E-state index in [1.807, 2.05) is 13.8 Å². The fourth-order valence-electron chi connectivity index (χ4n) is 1.10. The largest absolute Gasteiger partial charge is 0.377 e. The molecule has 0 aromatic rings. The van der Waals surface area contributed by atoms with Crippen LogP contribution < -0.4 is 5.32 Å². The Balaban J connectivity index is 3.11. The van der Waals surface area contributed by atoms with E-state index in [9.17, 15) is 4.79 Å². The van der Waals surface area contributed by atoms with E-state index in [-0.39, 0.29) is 5.91 Å². The molecule has 0 radical (unpaired) electrons. The van der Waals surface area contributed by atoms with Gasteiger partial charge in [-0.1, -0.05) is 19.8 Å². The maximum absolute atomic E-state index is 11.1. The molecule has 4 nitrogen and oxygen atoms in total. The van der Waals surface area contributed by atoms with Crippen molar-refractivity contribution in [2.75, 3.05) is 33.0 Å². The van der Waals surface area contributed by atoms with E-state index in [2.05, 4.69) is 17.2 Å². The molecule has 0 spiro atoms. The van der Waals surface area contributed by atoms with E-state index < -0.39 is 0 Å². The number of carbonyl (C=O) groups is 1. The van der Waals surface area contributed by atoms with Crippen molar-refractivity contribution < 1.29 is 14.3 Å². The summed E-state index contributed by atoms with van der Waals surface area (Å²) in [5, 5.41) is 2.78. The van der Waals surface area contributed by atoms with Gasteiger partial charge in [0.15, 0.2) is 0 Å². The van der Waals surface area contributed by atoms with Crippen LogP contribution in [-0.4, -0.2) is 38.9 Å². The zero-order chi connectivity index (χ0) is 12.8. The first kappa shape index (κ1) is 16.0. The first-order valence-corrected chi connectivity index (χ1v) is 6.19. The van der Waals surface area contributed by atoms with Gasteiger partial charge in [-0.05, 0) is 6.42 Å². The summed E-state index contributed by atoms with van der Waals surface area (Å²) in [6.45, 7) is 6.62. The molecule has 0 unspecified atom stereocenters. The van der Waals surface area contributed by atoms with Crippen LogP contribution in [0.4, 0.5) is 0 Å². The number of ether oxygens (including phenoxy) is 2. The SMILES string of the molecule is CCC#CCOCCOCCNC(=O)CCC. The van der Waals surface area contributed by atoms with E-state index >= 15 is 0 Å². The lowest BCUT2D eigenvalue weighted by atomic mass is 10.3. The van der Waals surface area contributed by atoms with Gasteiger partial charge in [-0.25, -0.2) is 0 Å². The maximum atomic E-state index is 11.1. The molecule has 1 N–H and O–H groups in total. The third kappa shape index (κ3) is 12.9. The Labute approximate surface area is 104 Å². The van der Waals surface area contributed by atoms with Crippen LogP contribution in [-0.2, 0) is 14.3 Å². The van der Waals surface area contributed by atoms with E-state index in [4.69, 9.17) is 9.47 Å². The number of hydrogen-bond donors (Lipinski definition) is 1. The molecule has 0 aliphatic rings. The molecule has 0 rings (SSSR count). The van der Waals surface area contributed by atoms with Crippen LogP contribution in [0.1, 0.15) is 33.1 Å². The van der Waals surface area contributed by atoms with E-state index in [0.717, 1.165) is 12.8 Å². The molecule has 0 heterocycles. The van der Waals surface area contributed by atoms with E-state index in [1.165, 1.54) is 0 Å². The van der Waals surface area contributed by atoms with Crippen molar-refractivity contribution in [1.29, 1.82) is 0 Å². The zero-order valence-electron chi connectivity index (χ0n) is 10.9. The quantitative estimate of drug-likeness (QED) is 0.489. The van der Waals surface area contributed by atoms with Gasteiger partial charge in [0.05, 0.1) is 19.8 Å². The lowest BCUT2D eigenvalue weighted by Gasteiger charge is -2.05. The van der Waals surface area contributed by atoms with Crippen molar-refractivity contribution in [3.8, 4) is 11.8 Å². The standard InChI is InChI=1S/C13H23NO3/c1-3-5-6-9-16-11-12-17-10-8-14-13(15)7-4-2/h3-4,7-12H2,1-2H3,(H,14,15). The third-order valence-corrected chi connectivity index (χ3v) is 1.89. The van der Waals surface area contributed by atoms with Crippen LogP contribution >= 0.6 is 0 Å². The molecule has 0 aromatic heterocycles. The molecule has 0 saturated heterocycles. The molecule has 0 aliphatic carbocycles. The molecule has 0 saturated carbocycles. The highest BCUT2D eigenvalue weighted by atomic mass is 16.5. The Morgan fingerprint density at radius 2 is 1.88 bits per heavy atom. The fourth-order valence-corrected chi connectivity index (χ4v) is 1.10. The van der Waals surface area contributed by atoms with Crippen LogP contribution in [0.15, 0.2) is 0 Å². The molecule has 1 amide bonds. The van der Waals surface area contributed by atoms with E-state index in [1.54, 1.807) is 0 Å². The first-order valence-electron chi connectivity index (χ1n) is 6.19. The minimum Gasteiger partial charge on any atom is -0.377 e. The Morgan fingerprint density at radius 1 is 1.12 bits per heavy atom. The Morgan fingerprint density at radius 3 is 2.59 bits per heavy atom. The van der Waals surface area contributed by atoms with Gasteiger partial charge in [-0.3, -0.25) is 4.79 Å². The average molecular weight is 241 g/mol. The lowest BCUT2D eigenvalue weighted by Crippen LogP contribution is -2.27. The molecule has 0 aromatic carbocycles. The highest BCUT2D eigenvalue weighted by Crippen LogP contribution is 1.85.